The van der Waals surface area contributed by atoms with Crippen molar-refractivity contribution in [3.8, 4) is 5.75 Å². The van der Waals surface area contributed by atoms with E-state index in [1.54, 1.807) is 61.5 Å². The summed E-state index contributed by atoms with van der Waals surface area (Å²) in [4.78, 5) is 25.6. The molecular formula is C28H27NO6S. The summed E-state index contributed by atoms with van der Waals surface area (Å²) in [6, 6.07) is 18.3. The summed E-state index contributed by atoms with van der Waals surface area (Å²) in [7, 11) is -4.05. The molecule has 4 rings (SSSR count). The zero-order chi connectivity index (χ0) is 25.9. The Labute approximate surface area is 209 Å². The van der Waals surface area contributed by atoms with Gasteiger partial charge >= 0.3 is 11.6 Å². The highest BCUT2D eigenvalue weighted by Crippen LogP contribution is 2.32. The lowest BCUT2D eigenvalue weighted by Gasteiger charge is -2.19. The van der Waals surface area contributed by atoms with Crippen molar-refractivity contribution in [1.82, 2.24) is 4.72 Å². The van der Waals surface area contributed by atoms with Crippen LogP contribution >= 0.6 is 0 Å². The molecule has 7 nitrogen and oxygen atoms in total. The van der Waals surface area contributed by atoms with E-state index in [9.17, 15) is 18.0 Å². The van der Waals surface area contributed by atoms with Gasteiger partial charge in [-0.05, 0) is 61.2 Å². The largest absolute Gasteiger partial charge is 0.424 e. The van der Waals surface area contributed by atoms with Gasteiger partial charge in [0.25, 0.3) is 0 Å². The molecule has 0 aliphatic carbocycles. The van der Waals surface area contributed by atoms with Crippen molar-refractivity contribution in [2.45, 2.75) is 44.6 Å². The number of benzene rings is 3. The zero-order valence-corrected chi connectivity index (χ0v) is 21.1. The lowest BCUT2D eigenvalue weighted by Crippen LogP contribution is -2.36. The van der Waals surface area contributed by atoms with E-state index >= 15 is 0 Å². The lowest BCUT2D eigenvalue weighted by molar-refractivity contribution is -0.136. The molecule has 0 saturated carbocycles. The molecular weight excluding hydrogens is 478 g/mol. The molecule has 0 fully saturated rings. The molecule has 1 aromatic heterocycles. The Morgan fingerprint density at radius 2 is 1.67 bits per heavy atom. The molecule has 0 amide bonds. The highest BCUT2D eigenvalue weighted by molar-refractivity contribution is 7.89. The van der Waals surface area contributed by atoms with Gasteiger partial charge < -0.3 is 9.15 Å². The first-order valence-corrected chi connectivity index (χ1v) is 13.1. The van der Waals surface area contributed by atoms with Crippen molar-refractivity contribution in [3.05, 3.63) is 105 Å². The SMILES string of the molecule is CCCc1cc(=O)oc2cc(C)cc(OC(=O)[C@@H](NS(=O)(=O)c3ccc(C)cc3)c3ccccc3)c12. The van der Waals surface area contributed by atoms with E-state index in [-0.39, 0.29) is 10.6 Å². The topological polar surface area (TPSA) is 103 Å². The van der Waals surface area contributed by atoms with E-state index in [0.717, 1.165) is 17.5 Å². The van der Waals surface area contributed by atoms with Crippen LogP contribution in [-0.2, 0) is 21.2 Å². The van der Waals surface area contributed by atoms with E-state index in [1.807, 2.05) is 13.8 Å². The van der Waals surface area contributed by atoms with Gasteiger partial charge in [-0.2, -0.15) is 4.72 Å². The second-order valence-electron chi connectivity index (χ2n) is 8.68. The Morgan fingerprint density at radius 1 is 0.972 bits per heavy atom. The number of hydrogen-bond donors (Lipinski definition) is 1. The maximum Gasteiger partial charge on any atom is 0.336 e. The Kier molecular flexibility index (Phi) is 7.37. The second-order valence-corrected chi connectivity index (χ2v) is 10.4. The van der Waals surface area contributed by atoms with Gasteiger partial charge in [0.15, 0.2) is 0 Å². The third-order valence-electron chi connectivity index (χ3n) is 5.74. The van der Waals surface area contributed by atoms with Crippen molar-refractivity contribution >= 4 is 27.0 Å². The third kappa shape index (κ3) is 5.56. The number of fused-ring (bicyclic) bond motifs is 1. The number of carbonyl (C=O) groups excluding carboxylic acids is 1. The van der Waals surface area contributed by atoms with Crippen molar-refractivity contribution in [3.63, 3.8) is 0 Å². The Hall–Kier alpha value is -3.75. The third-order valence-corrected chi connectivity index (χ3v) is 7.18. The van der Waals surface area contributed by atoms with Crippen molar-refractivity contribution in [2.75, 3.05) is 0 Å². The molecule has 1 atom stereocenters. The molecule has 0 aliphatic rings. The van der Waals surface area contributed by atoms with Gasteiger partial charge in [0.2, 0.25) is 10.0 Å². The Morgan fingerprint density at radius 3 is 2.33 bits per heavy atom. The smallest absolute Gasteiger partial charge is 0.336 e. The molecule has 0 bridgehead atoms. The van der Waals surface area contributed by atoms with Crippen molar-refractivity contribution in [1.29, 1.82) is 0 Å². The van der Waals surface area contributed by atoms with Gasteiger partial charge in [-0.3, -0.25) is 0 Å². The van der Waals surface area contributed by atoms with Crippen LogP contribution in [0.3, 0.4) is 0 Å². The van der Waals surface area contributed by atoms with Crippen LogP contribution in [0.2, 0.25) is 0 Å². The minimum Gasteiger partial charge on any atom is -0.424 e. The van der Waals surface area contributed by atoms with Gasteiger partial charge in [-0.1, -0.05) is 61.4 Å². The fourth-order valence-corrected chi connectivity index (χ4v) is 5.20. The van der Waals surface area contributed by atoms with Gasteiger partial charge in [0, 0.05) is 6.07 Å². The molecule has 186 valence electrons. The maximum absolute atomic E-state index is 13.5. The van der Waals surface area contributed by atoms with Crippen LogP contribution in [0.1, 0.15) is 41.6 Å². The second kappa shape index (κ2) is 10.5. The summed E-state index contributed by atoms with van der Waals surface area (Å²) in [5, 5.41) is 0.517. The van der Waals surface area contributed by atoms with Gasteiger partial charge in [0.1, 0.15) is 17.4 Å². The van der Waals surface area contributed by atoms with Gasteiger partial charge in [-0.25, -0.2) is 18.0 Å². The Bertz CT molecular complexity index is 1560. The van der Waals surface area contributed by atoms with E-state index in [4.69, 9.17) is 9.15 Å². The number of aryl methyl sites for hydroxylation is 3. The van der Waals surface area contributed by atoms with Crippen molar-refractivity contribution < 1.29 is 22.4 Å². The van der Waals surface area contributed by atoms with Gasteiger partial charge in [0.05, 0.1) is 10.3 Å². The predicted molar refractivity (Wildman–Crippen MR) is 138 cm³/mol. The summed E-state index contributed by atoms with van der Waals surface area (Å²) in [6.07, 6.45) is 1.35. The van der Waals surface area contributed by atoms with Crippen LogP contribution in [0.5, 0.6) is 5.75 Å². The number of hydrogen-bond acceptors (Lipinski definition) is 6. The highest BCUT2D eigenvalue weighted by atomic mass is 32.2. The molecule has 8 heteroatoms. The quantitative estimate of drug-likeness (QED) is 0.206. The van der Waals surface area contributed by atoms with E-state index in [0.29, 0.717) is 28.5 Å². The monoisotopic (exact) mass is 505 g/mol. The van der Waals surface area contributed by atoms with E-state index in [2.05, 4.69) is 4.72 Å². The molecule has 0 radical (unpaired) electrons. The molecule has 0 spiro atoms. The van der Waals surface area contributed by atoms with Crippen LogP contribution in [0, 0.1) is 13.8 Å². The molecule has 3 aromatic carbocycles. The Balaban J connectivity index is 1.76. The van der Waals surface area contributed by atoms with Gasteiger partial charge in [-0.15, -0.1) is 0 Å². The number of esters is 1. The molecule has 0 unspecified atom stereocenters. The first-order chi connectivity index (χ1) is 17.2. The summed E-state index contributed by atoms with van der Waals surface area (Å²) < 4.78 is 40.0. The van der Waals surface area contributed by atoms with Crippen LogP contribution in [0.25, 0.3) is 11.0 Å². The van der Waals surface area contributed by atoms with Crippen molar-refractivity contribution in [2.24, 2.45) is 0 Å². The molecule has 0 aliphatic heterocycles. The zero-order valence-electron chi connectivity index (χ0n) is 20.3. The number of rotatable bonds is 8. The van der Waals surface area contributed by atoms with E-state index < -0.39 is 27.7 Å². The fourth-order valence-electron chi connectivity index (χ4n) is 4.02. The molecule has 36 heavy (non-hydrogen) atoms. The molecule has 4 aromatic rings. The first-order valence-electron chi connectivity index (χ1n) is 11.6. The first kappa shape index (κ1) is 25.3. The summed E-state index contributed by atoms with van der Waals surface area (Å²) in [6.45, 7) is 5.62. The highest BCUT2D eigenvalue weighted by Gasteiger charge is 2.30. The number of nitrogens with one attached hydrogen (secondary N) is 1. The maximum atomic E-state index is 13.5. The summed E-state index contributed by atoms with van der Waals surface area (Å²) >= 11 is 0. The minimum atomic E-state index is -4.05. The average Bonchev–Trinajstić information content (AvgIpc) is 2.83. The lowest BCUT2D eigenvalue weighted by atomic mass is 10.0. The fraction of sp³-hybridized carbons (Fsp3) is 0.214. The average molecular weight is 506 g/mol. The normalized spacial score (nSPS) is 12.4. The standard InChI is InChI=1S/C28H27NO6S/c1-4-8-21-17-25(30)34-23-15-19(3)16-24(26(21)23)35-28(31)27(20-9-6-5-7-10-20)29-36(32,33)22-13-11-18(2)12-14-22/h5-7,9-17,27,29H,4,8H2,1-3H3/t27-/m0/s1. The molecule has 1 heterocycles. The molecule has 1 N–H and O–H groups in total. The number of carbonyl (C=O) groups is 1. The summed E-state index contributed by atoms with van der Waals surface area (Å²) in [5.74, 6) is -0.602. The van der Waals surface area contributed by atoms with Crippen LogP contribution in [0.15, 0.2) is 86.9 Å². The van der Waals surface area contributed by atoms with Crippen LogP contribution in [0.4, 0.5) is 0 Å². The minimum absolute atomic E-state index is 0.0369. The summed E-state index contributed by atoms with van der Waals surface area (Å²) in [5.41, 5.74) is 2.58. The van der Waals surface area contributed by atoms with Crippen LogP contribution < -0.4 is 15.1 Å². The predicted octanol–water partition coefficient (Wildman–Crippen LogP) is 4.99. The number of sulfonamides is 1. The van der Waals surface area contributed by atoms with E-state index in [1.165, 1.54) is 18.2 Å². The molecule has 0 saturated heterocycles. The number of ether oxygens (including phenoxy) is 1. The van der Waals surface area contributed by atoms with Crippen LogP contribution in [-0.4, -0.2) is 14.4 Å².